The quantitative estimate of drug-likeness (QED) is 0.694. The molecular formula is C15H13ClFNO3. The summed E-state index contributed by atoms with van der Waals surface area (Å²) >= 11 is 5.60. The standard InChI is InChI=1S/C15H13ClFNO3/c1-20-15(19)14-9(3-2-4-13(14)18)8-21-10-5-6-11(16)12(17)7-10/h2-7H,8,18H2,1H3. The van der Waals surface area contributed by atoms with Gasteiger partial charge in [0.1, 0.15) is 18.2 Å². The van der Waals surface area contributed by atoms with Crippen molar-refractivity contribution in [3.63, 3.8) is 0 Å². The fourth-order valence-electron chi connectivity index (χ4n) is 1.82. The highest BCUT2D eigenvalue weighted by atomic mass is 35.5. The van der Waals surface area contributed by atoms with Gasteiger partial charge in [0.25, 0.3) is 0 Å². The number of esters is 1. The average Bonchev–Trinajstić information content (AvgIpc) is 2.48. The van der Waals surface area contributed by atoms with Gasteiger partial charge in [0.2, 0.25) is 0 Å². The van der Waals surface area contributed by atoms with Crippen molar-refractivity contribution in [3.8, 4) is 5.75 Å². The van der Waals surface area contributed by atoms with Crippen LogP contribution in [0.5, 0.6) is 5.75 Å². The van der Waals surface area contributed by atoms with Crippen LogP contribution in [0.15, 0.2) is 36.4 Å². The van der Waals surface area contributed by atoms with Crippen molar-refractivity contribution in [1.29, 1.82) is 0 Å². The molecule has 4 nitrogen and oxygen atoms in total. The first-order chi connectivity index (χ1) is 10.0. The first kappa shape index (κ1) is 15.1. The average molecular weight is 310 g/mol. The molecule has 0 amide bonds. The van der Waals surface area contributed by atoms with Crippen LogP contribution in [0.25, 0.3) is 0 Å². The number of rotatable bonds is 4. The van der Waals surface area contributed by atoms with Crippen molar-refractivity contribution in [2.24, 2.45) is 0 Å². The zero-order valence-electron chi connectivity index (χ0n) is 11.2. The number of hydrogen-bond acceptors (Lipinski definition) is 4. The normalized spacial score (nSPS) is 10.2. The van der Waals surface area contributed by atoms with E-state index < -0.39 is 11.8 Å². The molecule has 110 valence electrons. The maximum atomic E-state index is 13.3. The highest BCUT2D eigenvalue weighted by molar-refractivity contribution is 6.30. The third-order valence-corrected chi connectivity index (χ3v) is 3.16. The summed E-state index contributed by atoms with van der Waals surface area (Å²) in [5.41, 5.74) is 6.87. The minimum Gasteiger partial charge on any atom is -0.489 e. The van der Waals surface area contributed by atoms with E-state index in [2.05, 4.69) is 0 Å². The van der Waals surface area contributed by atoms with Gasteiger partial charge in [0.15, 0.2) is 0 Å². The molecule has 0 spiro atoms. The van der Waals surface area contributed by atoms with Crippen molar-refractivity contribution >= 4 is 23.3 Å². The van der Waals surface area contributed by atoms with E-state index in [1.807, 2.05) is 0 Å². The van der Waals surface area contributed by atoms with Crippen LogP contribution in [-0.4, -0.2) is 13.1 Å². The van der Waals surface area contributed by atoms with E-state index in [4.69, 9.17) is 26.8 Å². The molecule has 2 aromatic carbocycles. The van der Waals surface area contributed by atoms with E-state index in [9.17, 15) is 9.18 Å². The predicted molar refractivity (Wildman–Crippen MR) is 77.9 cm³/mol. The molecule has 6 heteroatoms. The molecular weight excluding hydrogens is 297 g/mol. The van der Waals surface area contributed by atoms with Crippen molar-refractivity contribution in [1.82, 2.24) is 0 Å². The first-order valence-electron chi connectivity index (χ1n) is 6.06. The minimum absolute atomic E-state index is 0.0153. The first-order valence-corrected chi connectivity index (χ1v) is 6.44. The topological polar surface area (TPSA) is 61.5 Å². The number of benzene rings is 2. The number of nitrogens with two attached hydrogens (primary N) is 1. The summed E-state index contributed by atoms with van der Waals surface area (Å²) in [5, 5.41) is 0.0153. The van der Waals surface area contributed by atoms with E-state index in [0.717, 1.165) is 0 Å². The maximum Gasteiger partial charge on any atom is 0.340 e. The Bertz CT molecular complexity index is 676. The van der Waals surface area contributed by atoms with Crippen LogP contribution in [0.3, 0.4) is 0 Å². The van der Waals surface area contributed by atoms with Gasteiger partial charge in [-0.05, 0) is 18.2 Å². The van der Waals surface area contributed by atoms with Crippen LogP contribution in [-0.2, 0) is 11.3 Å². The second-order valence-electron chi connectivity index (χ2n) is 4.24. The van der Waals surface area contributed by atoms with Gasteiger partial charge in [-0.25, -0.2) is 9.18 Å². The monoisotopic (exact) mass is 309 g/mol. The number of carbonyl (C=O) groups is 1. The lowest BCUT2D eigenvalue weighted by Crippen LogP contribution is -2.11. The molecule has 2 aromatic rings. The second kappa shape index (κ2) is 6.45. The maximum absolute atomic E-state index is 13.3. The van der Waals surface area contributed by atoms with Crippen LogP contribution in [0, 0.1) is 5.82 Å². The van der Waals surface area contributed by atoms with Gasteiger partial charge in [-0.3, -0.25) is 0 Å². The summed E-state index contributed by atoms with van der Waals surface area (Å²) in [5.74, 6) is -0.820. The van der Waals surface area contributed by atoms with Crippen molar-refractivity contribution in [2.45, 2.75) is 6.61 Å². The summed E-state index contributed by atoms with van der Waals surface area (Å²) < 4.78 is 23.5. The molecule has 0 aliphatic rings. The van der Waals surface area contributed by atoms with Gasteiger partial charge in [-0.15, -0.1) is 0 Å². The SMILES string of the molecule is COC(=O)c1c(N)cccc1COc1ccc(Cl)c(F)c1. The Hall–Kier alpha value is -2.27. The van der Waals surface area contributed by atoms with E-state index in [1.54, 1.807) is 18.2 Å². The number of ether oxygens (including phenoxy) is 2. The van der Waals surface area contributed by atoms with Crippen LogP contribution < -0.4 is 10.5 Å². The van der Waals surface area contributed by atoms with Crippen LogP contribution >= 0.6 is 11.6 Å². The number of halogens is 2. The van der Waals surface area contributed by atoms with Crippen molar-refractivity contribution in [2.75, 3.05) is 12.8 Å². The van der Waals surface area contributed by atoms with Gasteiger partial charge in [0.05, 0.1) is 17.7 Å². The van der Waals surface area contributed by atoms with Crippen molar-refractivity contribution in [3.05, 3.63) is 58.4 Å². The zero-order chi connectivity index (χ0) is 15.4. The highest BCUT2D eigenvalue weighted by Crippen LogP contribution is 2.23. The molecule has 0 atom stereocenters. The summed E-state index contributed by atoms with van der Waals surface area (Å²) in [6, 6.07) is 9.09. The third kappa shape index (κ3) is 3.44. The Balaban J connectivity index is 2.22. The zero-order valence-corrected chi connectivity index (χ0v) is 12.0. The molecule has 21 heavy (non-hydrogen) atoms. The molecule has 0 radical (unpaired) electrons. The predicted octanol–water partition coefficient (Wildman–Crippen LogP) is 3.43. The smallest absolute Gasteiger partial charge is 0.340 e. The molecule has 0 aliphatic carbocycles. The fraction of sp³-hybridized carbons (Fsp3) is 0.133. The van der Waals surface area contributed by atoms with Gasteiger partial charge in [-0.2, -0.15) is 0 Å². The Morgan fingerprint density at radius 3 is 2.76 bits per heavy atom. The number of anilines is 1. The second-order valence-corrected chi connectivity index (χ2v) is 4.64. The summed E-state index contributed by atoms with van der Waals surface area (Å²) in [7, 11) is 1.27. The van der Waals surface area contributed by atoms with Crippen LogP contribution in [0.4, 0.5) is 10.1 Å². The van der Waals surface area contributed by atoms with Crippen molar-refractivity contribution < 1.29 is 18.7 Å². The highest BCUT2D eigenvalue weighted by Gasteiger charge is 2.15. The molecule has 0 saturated carbocycles. The number of carbonyl (C=O) groups excluding carboxylic acids is 1. The van der Waals surface area contributed by atoms with E-state index >= 15 is 0 Å². The van der Waals surface area contributed by atoms with E-state index in [1.165, 1.54) is 25.3 Å². The van der Waals surface area contributed by atoms with Gasteiger partial charge in [-0.1, -0.05) is 23.7 Å². The molecule has 0 bridgehead atoms. The largest absolute Gasteiger partial charge is 0.489 e. The molecule has 0 fully saturated rings. The van der Waals surface area contributed by atoms with E-state index in [0.29, 0.717) is 17.0 Å². The Labute approximate surface area is 126 Å². The Morgan fingerprint density at radius 1 is 1.33 bits per heavy atom. The molecule has 0 aliphatic heterocycles. The van der Waals surface area contributed by atoms with Gasteiger partial charge < -0.3 is 15.2 Å². The lowest BCUT2D eigenvalue weighted by atomic mass is 10.1. The minimum atomic E-state index is -0.574. The van der Waals surface area contributed by atoms with Crippen LogP contribution in [0.2, 0.25) is 5.02 Å². The van der Waals surface area contributed by atoms with Gasteiger partial charge in [0, 0.05) is 17.3 Å². The molecule has 2 N–H and O–H groups in total. The third-order valence-electron chi connectivity index (χ3n) is 2.86. The number of hydrogen-bond donors (Lipinski definition) is 1. The lowest BCUT2D eigenvalue weighted by Gasteiger charge is -2.12. The Morgan fingerprint density at radius 2 is 2.10 bits per heavy atom. The summed E-state index contributed by atoms with van der Waals surface area (Å²) in [6.45, 7) is 0.0521. The molecule has 0 saturated heterocycles. The van der Waals surface area contributed by atoms with Crippen LogP contribution in [0.1, 0.15) is 15.9 Å². The Kier molecular flexibility index (Phi) is 4.65. The lowest BCUT2D eigenvalue weighted by molar-refractivity contribution is 0.0599. The molecule has 2 rings (SSSR count). The summed E-state index contributed by atoms with van der Waals surface area (Å²) in [4.78, 5) is 11.7. The molecule has 0 aromatic heterocycles. The number of methoxy groups -OCH3 is 1. The number of nitrogen functional groups attached to an aromatic ring is 1. The van der Waals surface area contributed by atoms with E-state index in [-0.39, 0.29) is 17.2 Å². The molecule has 0 unspecified atom stereocenters. The fourth-order valence-corrected chi connectivity index (χ4v) is 1.94. The summed E-state index contributed by atoms with van der Waals surface area (Å²) in [6.07, 6.45) is 0. The van der Waals surface area contributed by atoms with Gasteiger partial charge >= 0.3 is 5.97 Å². The molecule has 0 heterocycles.